The van der Waals surface area contributed by atoms with Crippen LogP contribution >= 0.6 is 0 Å². The van der Waals surface area contributed by atoms with Gasteiger partial charge in [0.25, 0.3) is 5.91 Å². The summed E-state index contributed by atoms with van der Waals surface area (Å²) >= 11 is 0. The van der Waals surface area contributed by atoms with Gasteiger partial charge in [-0.25, -0.2) is 4.79 Å². The molecule has 3 rings (SSSR count). The Morgan fingerprint density at radius 2 is 1.85 bits per heavy atom. The predicted molar refractivity (Wildman–Crippen MR) is 94.9 cm³/mol. The molecule has 136 valence electrons. The number of rotatable bonds is 6. The van der Waals surface area contributed by atoms with E-state index in [0.717, 1.165) is 5.56 Å². The number of benzene rings is 2. The van der Waals surface area contributed by atoms with E-state index < -0.39 is 18.2 Å². The molecule has 1 fully saturated rings. The van der Waals surface area contributed by atoms with E-state index in [1.807, 2.05) is 30.3 Å². The number of hydrogen-bond acceptors (Lipinski definition) is 5. The number of aliphatic hydroxyl groups excluding tert-OH is 1. The first-order valence-corrected chi connectivity index (χ1v) is 8.19. The molecule has 7 heteroatoms. The SMILES string of the molecule is COc1ccc(N2C(=O)[C@@H](NC(=O)OCc3ccccc3)[C@H]2CO)cc1. The molecule has 2 aromatic rings. The highest BCUT2D eigenvalue weighted by Gasteiger charge is 2.48. The van der Waals surface area contributed by atoms with Crippen molar-refractivity contribution >= 4 is 17.7 Å². The molecular weight excluding hydrogens is 336 g/mol. The van der Waals surface area contributed by atoms with Gasteiger partial charge in [-0.1, -0.05) is 30.3 Å². The van der Waals surface area contributed by atoms with E-state index in [1.54, 1.807) is 31.4 Å². The number of nitrogens with zero attached hydrogens (tertiary/aromatic N) is 1. The highest BCUT2D eigenvalue weighted by Crippen LogP contribution is 2.29. The lowest BCUT2D eigenvalue weighted by atomic mass is 9.94. The van der Waals surface area contributed by atoms with E-state index in [-0.39, 0.29) is 19.1 Å². The van der Waals surface area contributed by atoms with E-state index >= 15 is 0 Å². The van der Waals surface area contributed by atoms with Gasteiger partial charge in [0.2, 0.25) is 0 Å². The summed E-state index contributed by atoms with van der Waals surface area (Å²) in [5, 5.41) is 12.1. The fraction of sp³-hybridized carbons (Fsp3) is 0.263. The summed E-state index contributed by atoms with van der Waals surface area (Å²) in [4.78, 5) is 25.8. The van der Waals surface area contributed by atoms with Crippen LogP contribution in [0.15, 0.2) is 54.6 Å². The highest BCUT2D eigenvalue weighted by molar-refractivity contribution is 6.06. The molecule has 2 aromatic carbocycles. The third-order valence-corrected chi connectivity index (χ3v) is 4.24. The number of hydrogen-bond donors (Lipinski definition) is 2. The summed E-state index contributed by atoms with van der Waals surface area (Å²) in [7, 11) is 1.56. The fourth-order valence-corrected chi connectivity index (χ4v) is 2.84. The second-order valence-electron chi connectivity index (χ2n) is 5.84. The Labute approximate surface area is 151 Å². The first-order valence-electron chi connectivity index (χ1n) is 8.19. The molecule has 2 N–H and O–H groups in total. The fourth-order valence-electron chi connectivity index (χ4n) is 2.84. The van der Waals surface area contributed by atoms with E-state index in [4.69, 9.17) is 9.47 Å². The highest BCUT2D eigenvalue weighted by atomic mass is 16.5. The summed E-state index contributed by atoms with van der Waals surface area (Å²) < 4.78 is 10.2. The topological polar surface area (TPSA) is 88.1 Å². The minimum Gasteiger partial charge on any atom is -0.497 e. The molecule has 1 aliphatic rings. The second kappa shape index (κ2) is 7.88. The second-order valence-corrected chi connectivity index (χ2v) is 5.84. The summed E-state index contributed by atoms with van der Waals surface area (Å²) in [6, 6.07) is 14.8. The zero-order valence-corrected chi connectivity index (χ0v) is 14.3. The van der Waals surface area contributed by atoms with Gasteiger partial charge >= 0.3 is 6.09 Å². The Morgan fingerprint density at radius 1 is 1.15 bits per heavy atom. The molecule has 1 heterocycles. The van der Waals surface area contributed by atoms with Gasteiger partial charge in [-0.2, -0.15) is 0 Å². The first-order chi connectivity index (χ1) is 12.6. The van der Waals surface area contributed by atoms with Crippen molar-refractivity contribution in [3.8, 4) is 5.75 Å². The maximum Gasteiger partial charge on any atom is 0.408 e. The lowest BCUT2D eigenvalue weighted by molar-refractivity contribution is -0.128. The molecule has 1 aliphatic heterocycles. The quantitative estimate of drug-likeness (QED) is 0.769. The first kappa shape index (κ1) is 17.8. The summed E-state index contributed by atoms with van der Waals surface area (Å²) in [6.07, 6.45) is -0.694. The molecule has 2 atom stereocenters. The maximum atomic E-state index is 12.4. The standard InChI is InChI=1S/C19H20N2O5/c1-25-15-9-7-14(8-10-15)21-16(11-22)17(18(21)23)20-19(24)26-12-13-5-3-2-4-6-13/h2-10,16-17,22H,11-12H2,1H3,(H,20,24)/t16-,17+/m1/s1. The zero-order valence-electron chi connectivity index (χ0n) is 14.3. The van der Waals surface area contributed by atoms with Crippen molar-refractivity contribution in [3.63, 3.8) is 0 Å². The average Bonchev–Trinajstić information content (AvgIpc) is 2.69. The monoisotopic (exact) mass is 356 g/mol. The summed E-state index contributed by atoms with van der Waals surface area (Å²) in [5.41, 5.74) is 1.48. The number of alkyl carbamates (subject to hydrolysis) is 1. The van der Waals surface area contributed by atoms with Crippen molar-refractivity contribution in [2.45, 2.75) is 18.7 Å². The number of carbonyl (C=O) groups is 2. The van der Waals surface area contributed by atoms with Crippen LogP contribution in [0.2, 0.25) is 0 Å². The molecule has 0 spiro atoms. The third-order valence-electron chi connectivity index (χ3n) is 4.24. The minimum absolute atomic E-state index is 0.111. The van der Waals surface area contributed by atoms with Crippen LogP contribution in [-0.2, 0) is 16.1 Å². The number of methoxy groups -OCH3 is 1. The number of ether oxygens (including phenoxy) is 2. The van der Waals surface area contributed by atoms with Crippen LogP contribution in [0.3, 0.4) is 0 Å². The van der Waals surface area contributed by atoms with E-state index in [0.29, 0.717) is 11.4 Å². The molecule has 2 amide bonds. The van der Waals surface area contributed by atoms with Crippen molar-refractivity contribution in [3.05, 3.63) is 60.2 Å². The minimum atomic E-state index is -0.814. The van der Waals surface area contributed by atoms with Gasteiger partial charge in [0, 0.05) is 5.69 Å². The Kier molecular flexibility index (Phi) is 5.38. The smallest absolute Gasteiger partial charge is 0.408 e. The van der Waals surface area contributed by atoms with Crippen LogP contribution < -0.4 is 15.0 Å². The number of aliphatic hydroxyl groups is 1. The number of β-lactam (4-membered cyclic amide) rings is 1. The summed E-state index contributed by atoms with van der Waals surface area (Å²) in [6.45, 7) is -0.166. The maximum absolute atomic E-state index is 12.4. The van der Waals surface area contributed by atoms with Gasteiger partial charge in [-0.05, 0) is 29.8 Å². The summed E-state index contributed by atoms with van der Waals surface area (Å²) in [5.74, 6) is 0.368. The van der Waals surface area contributed by atoms with E-state index in [2.05, 4.69) is 5.32 Å². The largest absolute Gasteiger partial charge is 0.497 e. The number of amides is 2. The van der Waals surface area contributed by atoms with Gasteiger partial charge in [-0.15, -0.1) is 0 Å². The molecule has 0 saturated carbocycles. The van der Waals surface area contributed by atoms with Crippen LogP contribution in [-0.4, -0.2) is 42.9 Å². The molecule has 0 radical (unpaired) electrons. The van der Waals surface area contributed by atoms with Crippen LogP contribution in [0.1, 0.15) is 5.56 Å². The van der Waals surface area contributed by atoms with Gasteiger partial charge < -0.3 is 24.8 Å². The van der Waals surface area contributed by atoms with Gasteiger partial charge in [0.05, 0.1) is 19.8 Å². The molecule has 0 bridgehead atoms. The third kappa shape index (κ3) is 3.62. The van der Waals surface area contributed by atoms with Crippen LogP contribution in [0.25, 0.3) is 0 Å². The Balaban J connectivity index is 1.58. The van der Waals surface area contributed by atoms with Gasteiger partial charge in [-0.3, -0.25) is 4.79 Å². The van der Waals surface area contributed by atoms with Crippen molar-refractivity contribution in [2.24, 2.45) is 0 Å². The molecular formula is C19H20N2O5. The lowest BCUT2D eigenvalue weighted by Crippen LogP contribution is -2.72. The number of anilines is 1. The molecule has 7 nitrogen and oxygen atoms in total. The predicted octanol–water partition coefficient (Wildman–Crippen LogP) is 1.70. The molecule has 1 saturated heterocycles. The van der Waals surface area contributed by atoms with Crippen LogP contribution in [0, 0.1) is 0 Å². The number of nitrogens with one attached hydrogen (secondary N) is 1. The van der Waals surface area contributed by atoms with Gasteiger partial charge in [0.1, 0.15) is 18.4 Å². The Bertz CT molecular complexity index is 763. The van der Waals surface area contributed by atoms with Crippen LogP contribution in [0.5, 0.6) is 5.75 Å². The zero-order chi connectivity index (χ0) is 18.5. The van der Waals surface area contributed by atoms with E-state index in [9.17, 15) is 14.7 Å². The average molecular weight is 356 g/mol. The van der Waals surface area contributed by atoms with Crippen molar-refractivity contribution in [1.29, 1.82) is 0 Å². The van der Waals surface area contributed by atoms with Crippen molar-refractivity contribution in [2.75, 3.05) is 18.6 Å². The van der Waals surface area contributed by atoms with Gasteiger partial charge in [0.15, 0.2) is 0 Å². The van der Waals surface area contributed by atoms with Crippen molar-refractivity contribution < 1.29 is 24.2 Å². The molecule has 0 aromatic heterocycles. The van der Waals surface area contributed by atoms with E-state index in [1.165, 1.54) is 4.90 Å². The van der Waals surface area contributed by atoms with Crippen molar-refractivity contribution in [1.82, 2.24) is 5.32 Å². The van der Waals surface area contributed by atoms with Crippen LogP contribution in [0.4, 0.5) is 10.5 Å². The Hall–Kier alpha value is -3.06. The Morgan fingerprint density at radius 3 is 2.46 bits per heavy atom. The molecule has 26 heavy (non-hydrogen) atoms. The molecule has 0 aliphatic carbocycles. The molecule has 0 unspecified atom stereocenters. The normalized spacial score (nSPS) is 18.8. The number of carbonyl (C=O) groups excluding carboxylic acids is 2. The lowest BCUT2D eigenvalue weighted by Gasteiger charge is -2.46.